The van der Waals surface area contributed by atoms with E-state index in [0.717, 1.165) is 33.9 Å². The summed E-state index contributed by atoms with van der Waals surface area (Å²) in [4.78, 5) is 16.7. The zero-order chi connectivity index (χ0) is 25.6. The van der Waals surface area contributed by atoms with Crippen LogP contribution in [0.4, 0.5) is 4.39 Å². The Morgan fingerprint density at radius 3 is 2.65 bits per heavy atom. The van der Waals surface area contributed by atoms with Crippen LogP contribution in [0, 0.1) is 5.82 Å². The van der Waals surface area contributed by atoms with E-state index >= 15 is 0 Å². The molecule has 0 atom stereocenters. The summed E-state index contributed by atoms with van der Waals surface area (Å²) >= 11 is 0. The highest BCUT2D eigenvalue weighted by Crippen LogP contribution is 2.33. The molecule has 0 amide bonds. The monoisotopic (exact) mass is 513 g/mol. The van der Waals surface area contributed by atoms with E-state index in [4.69, 9.17) is 4.98 Å². The first kappa shape index (κ1) is 23.0. The number of hydrogen-bond acceptors (Lipinski definition) is 6. The number of H-pyrrole nitrogens is 2. The Balaban J connectivity index is 1.44. The number of nitrogens with zero attached hydrogens (tertiary/aromatic N) is 4. The van der Waals surface area contributed by atoms with E-state index < -0.39 is 15.8 Å². The minimum absolute atomic E-state index is 0.0154. The van der Waals surface area contributed by atoms with Gasteiger partial charge in [0.15, 0.2) is 5.82 Å². The maximum atomic E-state index is 14.5. The summed E-state index contributed by atoms with van der Waals surface area (Å²) in [6.45, 7) is -0.0154. The molecular weight excluding hydrogens is 493 g/mol. The fourth-order valence-corrected chi connectivity index (χ4v) is 4.71. The largest absolute Gasteiger partial charge is 0.337 e. The molecular formula is C26H20FN7O2S. The highest BCUT2D eigenvalue weighted by molar-refractivity contribution is 7.88. The van der Waals surface area contributed by atoms with Crippen LogP contribution in [0.2, 0.25) is 0 Å². The van der Waals surface area contributed by atoms with Crippen LogP contribution in [0.15, 0.2) is 73.2 Å². The van der Waals surface area contributed by atoms with Gasteiger partial charge in [-0.05, 0) is 53.6 Å². The number of rotatable bonds is 6. The van der Waals surface area contributed by atoms with Crippen molar-refractivity contribution in [3.8, 4) is 33.9 Å². The number of imidazole rings is 1. The first-order chi connectivity index (χ1) is 17.8. The van der Waals surface area contributed by atoms with Gasteiger partial charge in [0.1, 0.15) is 11.5 Å². The van der Waals surface area contributed by atoms with Crippen molar-refractivity contribution in [2.75, 3.05) is 6.26 Å². The number of hydrogen-bond donors (Lipinski definition) is 3. The highest BCUT2D eigenvalue weighted by Gasteiger charge is 2.17. The minimum Gasteiger partial charge on any atom is -0.337 e. The second-order valence-corrected chi connectivity index (χ2v) is 10.5. The number of benzene rings is 2. The Morgan fingerprint density at radius 2 is 1.84 bits per heavy atom. The maximum Gasteiger partial charge on any atom is 0.209 e. The molecule has 0 aliphatic heterocycles. The van der Waals surface area contributed by atoms with Crippen molar-refractivity contribution >= 4 is 32.0 Å². The first-order valence-electron chi connectivity index (χ1n) is 11.3. The predicted octanol–water partition coefficient (Wildman–Crippen LogP) is 4.42. The second kappa shape index (κ2) is 8.87. The molecule has 4 aromatic heterocycles. The Bertz CT molecular complexity index is 1880. The van der Waals surface area contributed by atoms with Crippen LogP contribution in [0.5, 0.6) is 0 Å². The zero-order valence-corrected chi connectivity index (χ0v) is 20.3. The molecule has 6 rings (SSSR count). The molecule has 9 nitrogen and oxygen atoms in total. The molecule has 0 saturated carbocycles. The lowest BCUT2D eigenvalue weighted by Crippen LogP contribution is -2.21. The van der Waals surface area contributed by atoms with Crippen LogP contribution in [0.25, 0.3) is 55.8 Å². The molecule has 11 heteroatoms. The molecule has 6 aromatic rings. The van der Waals surface area contributed by atoms with Crippen LogP contribution in [-0.4, -0.2) is 44.8 Å². The quantitative estimate of drug-likeness (QED) is 0.302. The summed E-state index contributed by atoms with van der Waals surface area (Å²) < 4.78 is 39.9. The fourth-order valence-electron chi connectivity index (χ4n) is 4.28. The lowest BCUT2D eigenvalue weighted by atomic mass is 10.0. The third-order valence-electron chi connectivity index (χ3n) is 5.97. The number of para-hydroxylation sites is 1. The van der Waals surface area contributed by atoms with Crippen LogP contribution in [-0.2, 0) is 16.6 Å². The molecule has 37 heavy (non-hydrogen) atoms. The Morgan fingerprint density at radius 1 is 1.00 bits per heavy atom. The number of nitrogens with one attached hydrogen (secondary N) is 3. The van der Waals surface area contributed by atoms with E-state index in [0.29, 0.717) is 33.7 Å². The first-order valence-corrected chi connectivity index (χ1v) is 13.2. The summed E-state index contributed by atoms with van der Waals surface area (Å²) in [5.74, 6) is 0.0842. The van der Waals surface area contributed by atoms with Gasteiger partial charge in [-0.3, -0.25) is 15.1 Å². The number of aromatic nitrogens is 6. The molecule has 4 heterocycles. The van der Waals surface area contributed by atoms with Crippen molar-refractivity contribution in [3.63, 3.8) is 0 Å². The van der Waals surface area contributed by atoms with Crippen molar-refractivity contribution in [1.29, 1.82) is 0 Å². The summed E-state index contributed by atoms with van der Waals surface area (Å²) in [5.41, 5.74) is 6.31. The number of pyridine rings is 2. The van der Waals surface area contributed by atoms with Gasteiger partial charge in [-0.1, -0.05) is 12.1 Å². The smallest absolute Gasteiger partial charge is 0.209 e. The Hall–Kier alpha value is -4.48. The van der Waals surface area contributed by atoms with Crippen LogP contribution < -0.4 is 4.72 Å². The van der Waals surface area contributed by atoms with Gasteiger partial charge >= 0.3 is 0 Å². The second-order valence-electron chi connectivity index (χ2n) is 8.65. The van der Waals surface area contributed by atoms with Crippen molar-refractivity contribution in [2.45, 2.75) is 6.54 Å². The van der Waals surface area contributed by atoms with Crippen molar-refractivity contribution < 1.29 is 12.8 Å². The van der Waals surface area contributed by atoms with Gasteiger partial charge in [0.05, 0.1) is 34.7 Å². The molecule has 0 spiro atoms. The van der Waals surface area contributed by atoms with Gasteiger partial charge in [-0.2, -0.15) is 5.10 Å². The van der Waals surface area contributed by atoms with E-state index in [1.165, 1.54) is 12.1 Å². The summed E-state index contributed by atoms with van der Waals surface area (Å²) in [6.07, 6.45) is 6.23. The highest BCUT2D eigenvalue weighted by atomic mass is 32.2. The molecule has 0 aliphatic carbocycles. The van der Waals surface area contributed by atoms with Gasteiger partial charge in [-0.15, -0.1) is 0 Å². The Kier molecular flexibility index (Phi) is 5.50. The molecule has 0 aliphatic rings. The topological polar surface area (TPSA) is 129 Å². The normalized spacial score (nSPS) is 11.9. The standard InChI is InChI=1S/C26H20FN7O2S/c1-37(35,36)30-13-15-9-17(11-18(27)10-15)19-3-2-4-21-24(19)32-26(31-21)25-20-12-22(16-5-7-28-8-6-16)29-14-23(20)33-34-25/h2-12,14,30H,13H2,1H3,(H,31,32)(H,33,34). The van der Waals surface area contributed by atoms with E-state index in [-0.39, 0.29) is 6.54 Å². The predicted molar refractivity (Wildman–Crippen MR) is 139 cm³/mol. The molecule has 0 unspecified atom stereocenters. The lowest BCUT2D eigenvalue weighted by Gasteiger charge is -2.08. The van der Waals surface area contributed by atoms with Gasteiger partial charge in [0, 0.05) is 35.5 Å². The van der Waals surface area contributed by atoms with Gasteiger partial charge in [0.25, 0.3) is 0 Å². The van der Waals surface area contributed by atoms with E-state index in [9.17, 15) is 12.8 Å². The molecule has 0 saturated heterocycles. The molecule has 0 bridgehead atoms. The van der Waals surface area contributed by atoms with Gasteiger partial charge < -0.3 is 4.98 Å². The summed E-state index contributed by atoms with van der Waals surface area (Å²) in [6, 6.07) is 15.8. The fraction of sp³-hybridized carbons (Fsp3) is 0.0769. The van der Waals surface area contributed by atoms with Crippen molar-refractivity contribution in [1.82, 2.24) is 34.9 Å². The van der Waals surface area contributed by atoms with Gasteiger partial charge in [0.2, 0.25) is 10.0 Å². The SMILES string of the molecule is CS(=O)(=O)NCc1cc(F)cc(-c2cccc3[nH]c(-c4n[nH]c5cnc(-c6ccncc6)cc45)nc23)c1. The van der Waals surface area contributed by atoms with Gasteiger partial charge in [-0.25, -0.2) is 22.5 Å². The van der Waals surface area contributed by atoms with Crippen LogP contribution in [0.3, 0.4) is 0 Å². The molecule has 0 fully saturated rings. The van der Waals surface area contributed by atoms with E-state index in [1.54, 1.807) is 24.7 Å². The van der Waals surface area contributed by atoms with Crippen LogP contribution in [0.1, 0.15) is 5.56 Å². The van der Waals surface area contributed by atoms with Crippen LogP contribution >= 0.6 is 0 Å². The molecule has 2 aromatic carbocycles. The van der Waals surface area contributed by atoms with Crippen molar-refractivity contribution in [2.24, 2.45) is 0 Å². The number of sulfonamides is 1. The third-order valence-corrected chi connectivity index (χ3v) is 6.64. The average Bonchev–Trinajstić information content (AvgIpc) is 3.51. The number of halogens is 1. The average molecular weight is 514 g/mol. The zero-order valence-electron chi connectivity index (χ0n) is 19.5. The number of fused-ring (bicyclic) bond motifs is 2. The Labute approximate surface area is 210 Å². The molecule has 3 N–H and O–H groups in total. The van der Waals surface area contributed by atoms with Crippen molar-refractivity contribution in [3.05, 3.63) is 84.6 Å². The number of aromatic amines is 2. The lowest BCUT2D eigenvalue weighted by molar-refractivity contribution is 0.586. The van der Waals surface area contributed by atoms with E-state index in [1.807, 2.05) is 36.4 Å². The summed E-state index contributed by atoms with van der Waals surface area (Å²) in [7, 11) is -3.42. The van der Waals surface area contributed by atoms with E-state index in [2.05, 4.69) is 29.9 Å². The third kappa shape index (κ3) is 4.57. The minimum atomic E-state index is -3.42. The molecule has 0 radical (unpaired) electrons. The maximum absolute atomic E-state index is 14.5. The summed E-state index contributed by atoms with van der Waals surface area (Å²) in [5, 5.41) is 8.33. The molecule has 184 valence electrons.